The van der Waals surface area contributed by atoms with Crippen molar-refractivity contribution in [3.63, 3.8) is 0 Å². The van der Waals surface area contributed by atoms with Crippen molar-refractivity contribution in [3.8, 4) is 11.5 Å². The van der Waals surface area contributed by atoms with Crippen molar-refractivity contribution in [1.29, 1.82) is 0 Å². The zero-order chi connectivity index (χ0) is 19.4. The summed E-state index contributed by atoms with van der Waals surface area (Å²) >= 11 is 0. The average Bonchev–Trinajstić information content (AvgIpc) is 3.07. The number of unbranched alkanes of at least 4 members (excludes halogenated alkanes) is 1. The molecule has 0 bridgehead atoms. The Hall–Kier alpha value is -2.60. The minimum Gasteiger partial charge on any atom is -0.419 e. The maximum absolute atomic E-state index is 13.2. The molecule has 1 heterocycles. The first-order chi connectivity index (χ1) is 12.9. The number of rotatable bonds is 7. The van der Waals surface area contributed by atoms with Crippen LogP contribution >= 0.6 is 0 Å². The largest absolute Gasteiger partial charge is 0.419 e. The highest BCUT2D eigenvalue weighted by Gasteiger charge is 2.28. The lowest BCUT2D eigenvalue weighted by Crippen LogP contribution is -2.08. The molecule has 0 spiro atoms. The van der Waals surface area contributed by atoms with E-state index in [-0.39, 0.29) is 15.8 Å². The summed E-state index contributed by atoms with van der Waals surface area (Å²) in [7, 11) is -3.79. The highest BCUT2D eigenvalue weighted by atomic mass is 32.2. The zero-order valence-corrected chi connectivity index (χ0v) is 16.6. The van der Waals surface area contributed by atoms with Crippen molar-refractivity contribution in [2.75, 3.05) is 11.9 Å². The zero-order valence-electron chi connectivity index (χ0n) is 15.8. The van der Waals surface area contributed by atoms with Gasteiger partial charge in [-0.25, -0.2) is 8.42 Å². The third kappa shape index (κ3) is 4.06. The molecular formula is C21H24N2O3S. The number of nitrogens with one attached hydrogen (secondary N) is 1. The number of hydrogen-bond acceptors (Lipinski definition) is 5. The van der Waals surface area contributed by atoms with Crippen LogP contribution < -0.4 is 5.32 Å². The van der Waals surface area contributed by atoms with Gasteiger partial charge in [0.1, 0.15) is 0 Å². The molecule has 3 aromatic rings. The minimum absolute atomic E-state index is 0.0688. The average molecular weight is 385 g/mol. The van der Waals surface area contributed by atoms with Crippen LogP contribution in [0.2, 0.25) is 0 Å². The van der Waals surface area contributed by atoms with Gasteiger partial charge in [-0.05, 0) is 44.0 Å². The van der Waals surface area contributed by atoms with Crippen molar-refractivity contribution < 1.29 is 12.8 Å². The van der Waals surface area contributed by atoms with E-state index in [1.807, 2.05) is 38.1 Å². The Labute approximate surface area is 160 Å². The number of benzene rings is 2. The number of anilines is 1. The number of hydrogen-bond donors (Lipinski definition) is 1. The van der Waals surface area contributed by atoms with Crippen molar-refractivity contribution in [3.05, 3.63) is 59.7 Å². The van der Waals surface area contributed by atoms with Gasteiger partial charge in [0.15, 0.2) is 0 Å². The highest BCUT2D eigenvalue weighted by Crippen LogP contribution is 2.33. The van der Waals surface area contributed by atoms with E-state index in [1.165, 1.54) is 0 Å². The molecule has 5 nitrogen and oxygen atoms in total. The molecule has 0 saturated heterocycles. The molecule has 1 aromatic heterocycles. The van der Waals surface area contributed by atoms with Gasteiger partial charge in [0, 0.05) is 12.1 Å². The van der Waals surface area contributed by atoms with Crippen LogP contribution in [-0.4, -0.2) is 19.9 Å². The molecular weight excluding hydrogens is 360 g/mol. The van der Waals surface area contributed by atoms with Crippen LogP contribution in [0.1, 0.15) is 30.9 Å². The molecule has 6 heteroatoms. The molecule has 0 aliphatic rings. The van der Waals surface area contributed by atoms with Crippen molar-refractivity contribution in [2.24, 2.45) is 0 Å². The van der Waals surface area contributed by atoms with Gasteiger partial charge in [-0.2, -0.15) is 4.98 Å². The summed E-state index contributed by atoms with van der Waals surface area (Å²) in [5, 5.41) is 3.03. The Balaban J connectivity index is 2.09. The van der Waals surface area contributed by atoms with E-state index < -0.39 is 9.84 Å². The Morgan fingerprint density at radius 2 is 1.74 bits per heavy atom. The second kappa shape index (κ2) is 7.96. The summed E-state index contributed by atoms with van der Waals surface area (Å²) in [6.07, 6.45) is 1.90. The summed E-state index contributed by atoms with van der Waals surface area (Å²) in [6.45, 7) is 6.55. The standard InChI is InChI=1S/C21H24N2O3S/c1-4-5-14-22-20-21(27(24,25)17-12-10-15(2)11-13-17)23-19(26-20)18-9-7-6-8-16(18)3/h6-13,22H,4-5,14H2,1-3H3. The van der Waals surface area contributed by atoms with Gasteiger partial charge in [-0.3, -0.25) is 0 Å². The predicted octanol–water partition coefficient (Wildman–Crippen LogP) is 5.00. The molecule has 0 saturated carbocycles. The molecule has 142 valence electrons. The number of nitrogens with zero attached hydrogens (tertiary/aromatic N) is 1. The predicted molar refractivity (Wildman–Crippen MR) is 107 cm³/mol. The fraction of sp³-hybridized carbons (Fsp3) is 0.286. The van der Waals surface area contributed by atoms with E-state index >= 15 is 0 Å². The van der Waals surface area contributed by atoms with Gasteiger partial charge >= 0.3 is 0 Å². The first-order valence-corrected chi connectivity index (χ1v) is 10.5. The molecule has 2 aromatic carbocycles. The number of aryl methyl sites for hydroxylation is 2. The monoisotopic (exact) mass is 384 g/mol. The third-order valence-electron chi connectivity index (χ3n) is 4.37. The van der Waals surface area contributed by atoms with E-state index in [9.17, 15) is 8.42 Å². The molecule has 0 aliphatic heterocycles. The smallest absolute Gasteiger partial charge is 0.233 e. The van der Waals surface area contributed by atoms with Gasteiger partial charge in [0.25, 0.3) is 0 Å². The van der Waals surface area contributed by atoms with Crippen LogP contribution in [0.5, 0.6) is 0 Å². The quantitative estimate of drug-likeness (QED) is 0.580. The van der Waals surface area contributed by atoms with E-state index in [0.29, 0.717) is 12.4 Å². The molecule has 3 rings (SSSR count). The first-order valence-electron chi connectivity index (χ1n) is 9.06. The summed E-state index contributed by atoms with van der Waals surface area (Å²) in [5.41, 5.74) is 2.75. The molecule has 0 radical (unpaired) electrons. The normalized spacial score (nSPS) is 11.5. The number of sulfone groups is 1. The lowest BCUT2D eigenvalue weighted by molar-refractivity contribution is 0.575. The van der Waals surface area contributed by atoms with Crippen molar-refractivity contribution in [2.45, 2.75) is 43.5 Å². The Morgan fingerprint density at radius 3 is 2.41 bits per heavy atom. The van der Waals surface area contributed by atoms with Gasteiger partial charge in [-0.1, -0.05) is 49.2 Å². The van der Waals surface area contributed by atoms with Crippen LogP contribution in [0, 0.1) is 13.8 Å². The summed E-state index contributed by atoms with van der Waals surface area (Å²) in [6, 6.07) is 14.4. The summed E-state index contributed by atoms with van der Waals surface area (Å²) in [4.78, 5) is 4.58. The van der Waals surface area contributed by atoms with Gasteiger partial charge in [-0.15, -0.1) is 0 Å². The summed E-state index contributed by atoms with van der Waals surface area (Å²) < 4.78 is 32.2. The fourth-order valence-electron chi connectivity index (χ4n) is 2.74. The molecule has 0 atom stereocenters. The lowest BCUT2D eigenvalue weighted by Gasteiger charge is -2.05. The second-order valence-corrected chi connectivity index (χ2v) is 8.43. The van der Waals surface area contributed by atoms with E-state index in [2.05, 4.69) is 17.2 Å². The fourth-order valence-corrected chi connectivity index (χ4v) is 4.01. The minimum atomic E-state index is -3.79. The molecule has 0 amide bonds. The van der Waals surface area contributed by atoms with Crippen LogP contribution in [0.3, 0.4) is 0 Å². The Bertz CT molecular complexity index is 1020. The molecule has 27 heavy (non-hydrogen) atoms. The second-order valence-electron chi connectivity index (χ2n) is 6.57. The lowest BCUT2D eigenvalue weighted by atomic mass is 10.1. The topological polar surface area (TPSA) is 72.2 Å². The summed E-state index contributed by atoms with van der Waals surface area (Å²) in [5.74, 6) is 0.500. The third-order valence-corrected chi connectivity index (χ3v) is 6.05. The van der Waals surface area contributed by atoms with Crippen LogP contribution in [0.15, 0.2) is 62.9 Å². The van der Waals surface area contributed by atoms with E-state index in [4.69, 9.17) is 4.42 Å². The van der Waals surface area contributed by atoms with Crippen LogP contribution in [0.25, 0.3) is 11.5 Å². The van der Waals surface area contributed by atoms with Gasteiger partial charge in [0.05, 0.1) is 4.90 Å². The maximum Gasteiger partial charge on any atom is 0.233 e. The molecule has 0 fully saturated rings. The SMILES string of the molecule is CCCCNc1oc(-c2ccccc2C)nc1S(=O)(=O)c1ccc(C)cc1. The van der Waals surface area contributed by atoms with Crippen molar-refractivity contribution in [1.82, 2.24) is 4.98 Å². The number of oxazole rings is 1. The maximum atomic E-state index is 13.2. The Kier molecular flexibility index (Phi) is 5.65. The van der Waals surface area contributed by atoms with Crippen molar-refractivity contribution >= 4 is 15.7 Å². The highest BCUT2D eigenvalue weighted by molar-refractivity contribution is 7.91. The van der Waals surface area contributed by atoms with Gasteiger partial charge < -0.3 is 9.73 Å². The van der Waals surface area contributed by atoms with Crippen LogP contribution in [-0.2, 0) is 9.84 Å². The molecule has 0 unspecified atom stereocenters. The molecule has 1 N–H and O–H groups in total. The molecule has 0 aliphatic carbocycles. The van der Waals surface area contributed by atoms with Gasteiger partial charge in [0.2, 0.25) is 26.6 Å². The first kappa shape index (κ1) is 19.2. The number of aromatic nitrogens is 1. The van der Waals surface area contributed by atoms with E-state index in [0.717, 1.165) is 29.5 Å². The van der Waals surface area contributed by atoms with Crippen LogP contribution in [0.4, 0.5) is 5.88 Å². The van der Waals surface area contributed by atoms with E-state index in [1.54, 1.807) is 24.3 Å². The Morgan fingerprint density at radius 1 is 1.04 bits per heavy atom.